The van der Waals surface area contributed by atoms with Gasteiger partial charge in [0.15, 0.2) is 0 Å². The average molecular weight is 325 g/mol. The summed E-state index contributed by atoms with van der Waals surface area (Å²) in [5.74, 6) is -0.330. The third-order valence-electron chi connectivity index (χ3n) is 4.58. The van der Waals surface area contributed by atoms with Crippen molar-refractivity contribution in [3.05, 3.63) is 47.2 Å². The van der Waals surface area contributed by atoms with Gasteiger partial charge in [-0.25, -0.2) is 9.78 Å². The number of aryl methyl sites for hydroxylation is 2. The molecule has 1 fully saturated rings. The molecule has 1 aliphatic rings. The lowest BCUT2D eigenvalue weighted by atomic mass is 9.95. The zero-order chi connectivity index (χ0) is 17.3. The number of pyridine rings is 1. The van der Waals surface area contributed by atoms with Gasteiger partial charge < -0.3 is 14.9 Å². The second-order valence-corrected chi connectivity index (χ2v) is 6.42. The topological polar surface area (TPSA) is 56.7 Å². The second kappa shape index (κ2) is 6.61. The fourth-order valence-electron chi connectivity index (χ4n) is 3.20. The van der Waals surface area contributed by atoms with E-state index in [0.717, 1.165) is 48.6 Å². The van der Waals surface area contributed by atoms with E-state index < -0.39 is 5.97 Å². The summed E-state index contributed by atoms with van der Waals surface area (Å²) in [6, 6.07) is 9.77. The fraction of sp³-hybridized carbons (Fsp3) is 0.368. The van der Waals surface area contributed by atoms with Crippen molar-refractivity contribution in [3.8, 4) is 11.1 Å². The van der Waals surface area contributed by atoms with Gasteiger partial charge >= 0.3 is 5.97 Å². The van der Waals surface area contributed by atoms with E-state index in [0.29, 0.717) is 11.4 Å². The molecule has 0 unspecified atom stereocenters. The van der Waals surface area contributed by atoms with Gasteiger partial charge in [-0.1, -0.05) is 24.3 Å². The summed E-state index contributed by atoms with van der Waals surface area (Å²) in [7, 11) is 2.08. The molecule has 2 heterocycles. The molecule has 5 heteroatoms. The molecular weight excluding hydrogens is 302 g/mol. The maximum Gasteiger partial charge on any atom is 0.340 e. The highest BCUT2D eigenvalue weighted by Crippen LogP contribution is 2.33. The van der Waals surface area contributed by atoms with Crippen molar-refractivity contribution in [2.75, 3.05) is 38.1 Å². The molecule has 0 atom stereocenters. The third kappa shape index (κ3) is 3.12. The van der Waals surface area contributed by atoms with Crippen molar-refractivity contribution in [3.63, 3.8) is 0 Å². The molecule has 24 heavy (non-hydrogen) atoms. The lowest BCUT2D eigenvalue weighted by Crippen LogP contribution is -2.45. The van der Waals surface area contributed by atoms with Crippen LogP contribution in [0.25, 0.3) is 11.1 Å². The highest BCUT2D eigenvalue weighted by atomic mass is 16.4. The van der Waals surface area contributed by atoms with E-state index in [-0.39, 0.29) is 0 Å². The van der Waals surface area contributed by atoms with Crippen LogP contribution in [0.2, 0.25) is 0 Å². The Kier molecular flexibility index (Phi) is 4.53. The van der Waals surface area contributed by atoms with Crippen LogP contribution >= 0.6 is 0 Å². The van der Waals surface area contributed by atoms with Crippen molar-refractivity contribution in [1.29, 1.82) is 0 Å². The van der Waals surface area contributed by atoms with Crippen LogP contribution < -0.4 is 4.90 Å². The number of hydrogen-bond donors (Lipinski definition) is 1. The van der Waals surface area contributed by atoms with Crippen LogP contribution in [0.4, 0.5) is 5.82 Å². The number of anilines is 1. The van der Waals surface area contributed by atoms with Gasteiger partial charge in [-0.3, -0.25) is 0 Å². The number of carboxylic acid groups (broad SMARTS) is 1. The number of aromatic carboxylic acids is 1. The molecule has 2 aromatic rings. The minimum absolute atomic E-state index is 0.305. The number of likely N-dealkylation sites (N-methyl/N-ethyl adjacent to an activating group) is 1. The van der Waals surface area contributed by atoms with E-state index >= 15 is 0 Å². The number of hydrogen-bond acceptors (Lipinski definition) is 4. The quantitative estimate of drug-likeness (QED) is 0.940. The fourth-order valence-corrected chi connectivity index (χ4v) is 3.20. The molecular formula is C19H23N3O2. The lowest BCUT2D eigenvalue weighted by molar-refractivity contribution is 0.0698. The molecule has 1 aliphatic heterocycles. The predicted molar refractivity (Wildman–Crippen MR) is 95.8 cm³/mol. The van der Waals surface area contributed by atoms with Gasteiger partial charge in [0.25, 0.3) is 0 Å². The van der Waals surface area contributed by atoms with Gasteiger partial charge in [-0.15, -0.1) is 0 Å². The molecule has 126 valence electrons. The van der Waals surface area contributed by atoms with Crippen molar-refractivity contribution >= 4 is 11.8 Å². The van der Waals surface area contributed by atoms with Crippen molar-refractivity contribution < 1.29 is 9.90 Å². The lowest BCUT2D eigenvalue weighted by Gasteiger charge is -2.34. The van der Waals surface area contributed by atoms with E-state index in [1.54, 1.807) is 0 Å². The number of rotatable bonds is 3. The summed E-state index contributed by atoms with van der Waals surface area (Å²) in [6.45, 7) is 7.34. The summed E-state index contributed by atoms with van der Waals surface area (Å²) in [5.41, 5.74) is 3.92. The number of piperazine rings is 1. The molecule has 0 saturated carbocycles. The summed E-state index contributed by atoms with van der Waals surface area (Å²) >= 11 is 0. The molecule has 1 saturated heterocycles. The molecule has 0 aliphatic carbocycles. The molecule has 0 bridgehead atoms. The van der Waals surface area contributed by atoms with E-state index in [1.807, 2.05) is 44.2 Å². The molecule has 1 aromatic heterocycles. The van der Waals surface area contributed by atoms with Crippen LogP contribution in [0.1, 0.15) is 21.6 Å². The highest BCUT2D eigenvalue weighted by molar-refractivity contribution is 6.01. The standard InChI is InChI=1S/C19H23N3O2/c1-13-6-4-5-7-15(13)16-12-14(2)20-18(17(16)19(23)24)22-10-8-21(3)9-11-22/h4-7,12H,8-11H2,1-3H3,(H,23,24). The van der Waals surface area contributed by atoms with E-state index in [2.05, 4.69) is 21.8 Å². The first-order valence-electron chi connectivity index (χ1n) is 8.22. The first-order valence-corrected chi connectivity index (χ1v) is 8.22. The van der Waals surface area contributed by atoms with Gasteiger partial charge in [0, 0.05) is 37.4 Å². The van der Waals surface area contributed by atoms with E-state index in [9.17, 15) is 9.90 Å². The van der Waals surface area contributed by atoms with Gasteiger partial charge in [-0.2, -0.15) is 0 Å². The maximum atomic E-state index is 12.1. The Bertz CT molecular complexity index is 765. The van der Waals surface area contributed by atoms with E-state index in [1.165, 1.54) is 0 Å². The molecule has 3 rings (SSSR count). The largest absolute Gasteiger partial charge is 0.478 e. The maximum absolute atomic E-state index is 12.1. The third-order valence-corrected chi connectivity index (χ3v) is 4.58. The minimum Gasteiger partial charge on any atom is -0.478 e. The van der Waals surface area contributed by atoms with Gasteiger partial charge in [0.05, 0.1) is 0 Å². The summed E-state index contributed by atoms with van der Waals surface area (Å²) < 4.78 is 0. The molecule has 5 nitrogen and oxygen atoms in total. The molecule has 0 amide bonds. The Hall–Kier alpha value is -2.40. The van der Waals surface area contributed by atoms with E-state index in [4.69, 9.17) is 0 Å². The molecule has 0 radical (unpaired) electrons. The zero-order valence-corrected chi connectivity index (χ0v) is 14.4. The normalized spacial score (nSPS) is 15.5. The SMILES string of the molecule is Cc1cc(-c2ccccc2C)c(C(=O)O)c(N2CCN(C)CC2)n1. The highest BCUT2D eigenvalue weighted by Gasteiger charge is 2.25. The second-order valence-electron chi connectivity index (χ2n) is 6.42. The monoisotopic (exact) mass is 325 g/mol. The molecule has 0 spiro atoms. The summed E-state index contributed by atoms with van der Waals surface area (Å²) in [6.07, 6.45) is 0. The predicted octanol–water partition coefficient (Wildman–Crippen LogP) is 2.82. The van der Waals surface area contributed by atoms with Gasteiger partial charge in [0.2, 0.25) is 0 Å². The smallest absolute Gasteiger partial charge is 0.340 e. The van der Waals surface area contributed by atoms with Crippen LogP contribution in [0.15, 0.2) is 30.3 Å². The van der Waals surface area contributed by atoms with Gasteiger partial charge in [-0.05, 0) is 38.1 Å². The van der Waals surface area contributed by atoms with Crippen LogP contribution in [0.3, 0.4) is 0 Å². The van der Waals surface area contributed by atoms with Crippen molar-refractivity contribution in [1.82, 2.24) is 9.88 Å². The zero-order valence-electron chi connectivity index (χ0n) is 14.4. The minimum atomic E-state index is -0.922. The number of nitrogens with zero attached hydrogens (tertiary/aromatic N) is 3. The van der Waals surface area contributed by atoms with Crippen LogP contribution in [0, 0.1) is 13.8 Å². The first-order chi connectivity index (χ1) is 11.5. The Morgan fingerprint density at radius 1 is 1.08 bits per heavy atom. The number of aromatic nitrogens is 1. The van der Waals surface area contributed by atoms with Crippen LogP contribution in [-0.2, 0) is 0 Å². The van der Waals surface area contributed by atoms with Crippen LogP contribution in [0.5, 0.6) is 0 Å². The number of carboxylic acids is 1. The van der Waals surface area contributed by atoms with Gasteiger partial charge in [0.1, 0.15) is 11.4 Å². The van der Waals surface area contributed by atoms with Crippen LogP contribution in [-0.4, -0.2) is 54.2 Å². The first kappa shape index (κ1) is 16.5. The Balaban J connectivity index is 2.16. The number of carbonyl (C=O) groups is 1. The Morgan fingerprint density at radius 3 is 2.38 bits per heavy atom. The van der Waals surface area contributed by atoms with Crippen molar-refractivity contribution in [2.24, 2.45) is 0 Å². The molecule has 1 N–H and O–H groups in total. The summed E-state index contributed by atoms with van der Waals surface area (Å²) in [5, 5.41) is 9.90. The van der Waals surface area contributed by atoms with Crippen molar-refractivity contribution in [2.45, 2.75) is 13.8 Å². The Labute approximate surface area is 142 Å². The average Bonchev–Trinajstić information content (AvgIpc) is 2.55. The number of benzene rings is 1. The summed E-state index contributed by atoms with van der Waals surface area (Å²) in [4.78, 5) is 21.0. The Morgan fingerprint density at radius 2 is 1.75 bits per heavy atom. The molecule has 1 aromatic carbocycles.